The first-order chi connectivity index (χ1) is 15.6. The molecule has 7 heteroatoms. The molecule has 0 saturated carbocycles. The number of alkyl halides is 3. The van der Waals surface area contributed by atoms with Crippen LogP contribution in [0.2, 0.25) is 0 Å². The maximum absolute atomic E-state index is 13.8. The first kappa shape index (κ1) is 22.7. The highest BCUT2D eigenvalue weighted by molar-refractivity contribution is 5.71. The van der Waals surface area contributed by atoms with Crippen molar-refractivity contribution < 1.29 is 13.2 Å². The largest absolute Gasteiger partial charge is 0.417 e. The zero-order valence-electron chi connectivity index (χ0n) is 18.8. The highest BCUT2D eigenvalue weighted by atomic mass is 19.4. The number of nitrogens with zero attached hydrogens (tertiary/aromatic N) is 4. The topological polar surface area (TPSA) is 44.9 Å². The fourth-order valence-corrected chi connectivity index (χ4v) is 4.45. The van der Waals surface area contributed by atoms with E-state index in [9.17, 15) is 18.4 Å². The van der Waals surface area contributed by atoms with Crippen molar-refractivity contribution in [2.75, 3.05) is 4.90 Å². The van der Waals surface area contributed by atoms with Gasteiger partial charge in [-0.1, -0.05) is 32.0 Å². The van der Waals surface area contributed by atoms with Crippen LogP contribution in [0.25, 0.3) is 5.70 Å². The number of hydrogen-bond acceptors (Lipinski definition) is 3. The highest BCUT2D eigenvalue weighted by Crippen LogP contribution is 2.45. The number of aromatic nitrogens is 2. The van der Waals surface area contributed by atoms with Crippen molar-refractivity contribution in [1.29, 1.82) is 5.26 Å². The molecule has 1 aliphatic rings. The number of hydrogen-bond donors (Lipinski definition) is 0. The van der Waals surface area contributed by atoms with Crippen molar-refractivity contribution in [3.63, 3.8) is 0 Å². The lowest BCUT2D eigenvalue weighted by Gasteiger charge is -2.45. The standard InChI is InChI=1S/C26H25F3N4/c1-18-6-4-5-7-23(18)33(21-9-8-19(16-30)22(14-21)26(27,28)29)24-15-20(10-11-25(24,2)3)32-13-12-31-17-32/h4-9,12-15,17,24H,10-11H2,1-3H3. The number of halogens is 3. The number of para-hydroxylation sites is 1. The zero-order chi connectivity index (χ0) is 23.8. The molecule has 0 bridgehead atoms. The van der Waals surface area contributed by atoms with Gasteiger partial charge in [0.05, 0.1) is 29.6 Å². The van der Waals surface area contributed by atoms with E-state index in [1.807, 2.05) is 46.9 Å². The third-order valence-corrected chi connectivity index (χ3v) is 6.37. The van der Waals surface area contributed by atoms with Crippen LogP contribution < -0.4 is 4.90 Å². The molecule has 4 nitrogen and oxygen atoms in total. The van der Waals surface area contributed by atoms with Crippen molar-refractivity contribution in [3.05, 3.63) is 84.0 Å². The summed E-state index contributed by atoms with van der Waals surface area (Å²) in [5, 5.41) is 9.26. The van der Waals surface area contributed by atoms with Gasteiger partial charge in [-0.05, 0) is 61.1 Å². The van der Waals surface area contributed by atoms with Crippen LogP contribution in [0.5, 0.6) is 0 Å². The molecule has 170 valence electrons. The molecular formula is C26H25F3N4. The Morgan fingerprint density at radius 2 is 1.94 bits per heavy atom. The average Bonchev–Trinajstić information content (AvgIpc) is 3.30. The van der Waals surface area contributed by atoms with E-state index < -0.39 is 11.7 Å². The molecule has 1 heterocycles. The smallest absolute Gasteiger partial charge is 0.334 e. The Labute approximate surface area is 191 Å². The second-order valence-corrected chi connectivity index (χ2v) is 9.06. The van der Waals surface area contributed by atoms with Crippen LogP contribution in [0, 0.1) is 23.7 Å². The number of anilines is 2. The second kappa shape index (κ2) is 8.43. The molecule has 1 unspecified atom stereocenters. The lowest BCUT2D eigenvalue weighted by Crippen LogP contribution is -2.44. The molecule has 0 spiro atoms. The van der Waals surface area contributed by atoms with Crippen molar-refractivity contribution in [2.45, 2.75) is 45.8 Å². The zero-order valence-corrected chi connectivity index (χ0v) is 18.8. The van der Waals surface area contributed by atoms with Crippen LogP contribution in [-0.2, 0) is 6.18 Å². The van der Waals surface area contributed by atoms with E-state index in [-0.39, 0.29) is 17.0 Å². The van der Waals surface area contributed by atoms with Crippen molar-refractivity contribution in [1.82, 2.24) is 9.55 Å². The minimum absolute atomic E-state index is 0.223. The summed E-state index contributed by atoms with van der Waals surface area (Å²) in [5.74, 6) is 0. The summed E-state index contributed by atoms with van der Waals surface area (Å²) in [5.41, 5.74) is 1.71. The minimum Gasteiger partial charge on any atom is -0.334 e. The maximum atomic E-state index is 13.8. The summed E-state index contributed by atoms with van der Waals surface area (Å²) in [6.45, 7) is 6.23. The first-order valence-corrected chi connectivity index (χ1v) is 10.8. The van der Waals surface area contributed by atoms with Gasteiger partial charge in [-0.3, -0.25) is 0 Å². The van der Waals surface area contributed by atoms with E-state index >= 15 is 0 Å². The van der Waals surface area contributed by atoms with Crippen LogP contribution in [0.1, 0.15) is 43.4 Å². The molecule has 0 amide bonds. The van der Waals surface area contributed by atoms with Gasteiger partial charge < -0.3 is 9.47 Å². The van der Waals surface area contributed by atoms with Crippen LogP contribution in [0.4, 0.5) is 24.5 Å². The number of benzene rings is 2. The van der Waals surface area contributed by atoms with Gasteiger partial charge in [0.15, 0.2) is 0 Å². The van der Waals surface area contributed by atoms with Crippen molar-refractivity contribution >= 4 is 17.1 Å². The monoisotopic (exact) mass is 450 g/mol. The molecule has 0 saturated heterocycles. The van der Waals surface area contributed by atoms with Gasteiger partial charge in [-0.25, -0.2) is 4.98 Å². The third kappa shape index (κ3) is 4.38. The SMILES string of the molecule is Cc1ccccc1N(c1ccc(C#N)c(C(F)(F)F)c1)C1C=C(n2ccnc2)CCC1(C)C. The second-order valence-electron chi connectivity index (χ2n) is 9.06. The molecule has 1 aliphatic carbocycles. The summed E-state index contributed by atoms with van der Waals surface area (Å²) in [6, 6.07) is 13.1. The third-order valence-electron chi connectivity index (χ3n) is 6.37. The van der Waals surface area contributed by atoms with Crippen LogP contribution in [0.3, 0.4) is 0 Å². The molecule has 1 atom stereocenters. The quantitative estimate of drug-likeness (QED) is 0.432. The summed E-state index contributed by atoms with van der Waals surface area (Å²) in [4.78, 5) is 6.12. The van der Waals surface area contributed by atoms with Gasteiger partial charge >= 0.3 is 6.18 Å². The highest BCUT2D eigenvalue weighted by Gasteiger charge is 2.39. The molecule has 33 heavy (non-hydrogen) atoms. The Bertz CT molecular complexity index is 1220. The lowest BCUT2D eigenvalue weighted by atomic mass is 9.74. The number of nitriles is 1. The molecule has 0 fully saturated rings. The van der Waals surface area contributed by atoms with E-state index in [0.717, 1.165) is 35.9 Å². The van der Waals surface area contributed by atoms with Crippen molar-refractivity contribution in [3.8, 4) is 6.07 Å². The normalized spacial score (nSPS) is 17.8. The van der Waals surface area contributed by atoms with E-state index in [0.29, 0.717) is 5.69 Å². The predicted molar refractivity (Wildman–Crippen MR) is 123 cm³/mol. The fraction of sp³-hybridized carbons (Fsp3) is 0.308. The van der Waals surface area contributed by atoms with Crippen molar-refractivity contribution in [2.24, 2.45) is 5.41 Å². The Morgan fingerprint density at radius 3 is 2.58 bits per heavy atom. The lowest BCUT2D eigenvalue weighted by molar-refractivity contribution is -0.137. The molecular weight excluding hydrogens is 425 g/mol. The molecule has 3 aromatic rings. The minimum atomic E-state index is -4.63. The van der Waals surface area contributed by atoms with Gasteiger partial charge in [-0.2, -0.15) is 18.4 Å². The number of aryl methyl sites for hydroxylation is 1. The van der Waals surface area contributed by atoms with E-state index in [1.54, 1.807) is 24.7 Å². The van der Waals surface area contributed by atoms with Crippen LogP contribution in [-0.4, -0.2) is 15.6 Å². The maximum Gasteiger partial charge on any atom is 0.417 e. The Hall–Kier alpha value is -3.53. The molecule has 4 rings (SSSR count). The molecule has 1 aromatic heterocycles. The number of rotatable bonds is 4. The number of allylic oxidation sites excluding steroid dienone is 1. The van der Waals surface area contributed by atoms with Crippen LogP contribution in [0.15, 0.2) is 67.3 Å². The Morgan fingerprint density at radius 1 is 1.18 bits per heavy atom. The molecule has 0 aliphatic heterocycles. The van der Waals surface area contributed by atoms with Gasteiger partial charge in [0, 0.05) is 29.5 Å². The molecule has 0 radical (unpaired) electrons. The van der Waals surface area contributed by atoms with Crippen LogP contribution >= 0.6 is 0 Å². The number of imidazole rings is 1. The molecule has 0 N–H and O–H groups in total. The predicted octanol–water partition coefficient (Wildman–Crippen LogP) is 6.95. The summed E-state index contributed by atoms with van der Waals surface area (Å²) in [7, 11) is 0. The van der Waals surface area contributed by atoms with E-state index in [2.05, 4.69) is 24.9 Å². The first-order valence-electron chi connectivity index (χ1n) is 10.8. The Kier molecular flexibility index (Phi) is 5.79. The van der Waals surface area contributed by atoms with Gasteiger partial charge in [0.25, 0.3) is 0 Å². The average molecular weight is 451 g/mol. The van der Waals surface area contributed by atoms with E-state index in [1.165, 1.54) is 6.07 Å². The van der Waals surface area contributed by atoms with Gasteiger partial charge in [0.2, 0.25) is 0 Å². The molecule has 2 aromatic carbocycles. The summed E-state index contributed by atoms with van der Waals surface area (Å²) in [6.07, 6.45) is 4.52. The summed E-state index contributed by atoms with van der Waals surface area (Å²) < 4.78 is 43.4. The van der Waals surface area contributed by atoms with E-state index in [4.69, 9.17) is 0 Å². The van der Waals surface area contributed by atoms with Gasteiger partial charge in [-0.15, -0.1) is 0 Å². The fourth-order valence-electron chi connectivity index (χ4n) is 4.45. The van der Waals surface area contributed by atoms with Gasteiger partial charge in [0.1, 0.15) is 0 Å². The summed E-state index contributed by atoms with van der Waals surface area (Å²) >= 11 is 0. The Balaban J connectivity index is 1.95.